The van der Waals surface area contributed by atoms with Crippen LogP contribution in [0.25, 0.3) is 11.5 Å². The minimum atomic E-state index is 0.508. The molecule has 2 aromatic heterocycles. The van der Waals surface area contributed by atoms with E-state index >= 15 is 0 Å². The fourth-order valence-electron chi connectivity index (χ4n) is 1.68. The van der Waals surface area contributed by atoms with Gasteiger partial charge in [-0.3, -0.25) is 0 Å². The summed E-state index contributed by atoms with van der Waals surface area (Å²) in [6.07, 6.45) is 1.73. The number of anilines is 1. The first-order valence-electron chi connectivity index (χ1n) is 6.14. The average molecular weight is 363 g/mol. The Kier molecular flexibility index (Phi) is 4.21. The van der Waals surface area contributed by atoms with Crippen LogP contribution in [0.1, 0.15) is 5.89 Å². The van der Waals surface area contributed by atoms with Gasteiger partial charge < -0.3 is 10.2 Å². The van der Waals surface area contributed by atoms with Gasteiger partial charge in [-0.1, -0.05) is 12.1 Å². The van der Waals surface area contributed by atoms with Crippen LogP contribution in [0.2, 0.25) is 0 Å². The topological polar surface area (TPSA) is 77.8 Å². The lowest BCUT2D eigenvalue weighted by molar-refractivity contribution is 0.528. The van der Waals surface area contributed by atoms with Gasteiger partial charge >= 0.3 is 0 Å². The van der Waals surface area contributed by atoms with Crippen molar-refractivity contribution in [3.8, 4) is 11.5 Å². The van der Waals surface area contributed by atoms with Gasteiger partial charge in [-0.25, -0.2) is 4.98 Å². The first-order valence-corrected chi connectivity index (χ1v) is 7.92. The predicted octanol–water partition coefficient (Wildman–Crippen LogP) is 3.77. The van der Waals surface area contributed by atoms with Crippen LogP contribution in [0.15, 0.2) is 56.4 Å². The van der Waals surface area contributed by atoms with E-state index in [1.54, 1.807) is 24.0 Å². The third-order valence-electron chi connectivity index (χ3n) is 2.69. The van der Waals surface area contributed by atoms with Gasteiger partial charge in [-0.15, -0.1) is 22.0 Å². The fraction of sp³-hybridized carbons (Fsp3) is 0.0714. The molecule has 0 fully saturated rings. The number of thioether (sulfide) groups is 1. The van der Waals surface area contributed by atoms with Gasteiger partial charge in [-0.05, 0) is 40.2 Å². The number of hydrogen-bond acceptors (Lipinski definition) is 6. The van der Waals surface area contributed by atoms with Crippen LogP contribution in [0.5, 0.6) is 0 Å². The van der Waals surface area contributed by atoms with Crippen LogP contribution < -0.4 is 5.73 Å². The van der Waals surface area contributed by atoms with Crippen molar-refractivity contribution in [2.75, 3.05) is 5.73 Å². The number of pyridine rings is 1. The number of aromatic nitrogens is 3. The van der Waals surface area contributed by atoms with E-state index in [0.717, 1.165) is 14.9 Å². The number of halogens is 1. The predicted molar refractivity (Wildman–Crippen MR) is 85.6 cm³/mol. The van der Waals surface area contributed by atoms with Gasteiger partial charge in [0.15, 0.2) is 0 Å². The van der Waals surface area contributed by atoms with E-state index in [4.69, 9.17) is 10.2 Å². The molecule has 0 unspecified atom stereocenters. The van der Waals surface area contributed by atoms with Crippen LogP contribution >= 0.6 is 27.7 Å². The molecule has 0 aliphatic rings. The van der Waals surface area contributed by atoms with Gasteiger partial charge in [0.25, 0.3) is 0 Å². The van der Waals surface area contributed by atoms with Gasteiger partial charge in [0.1, 0.15) is 5.82 Å². The van der Waals surface area contributed by atoms with Crippen molar-refractivity contribution in [3.63, 3.8) is 0 Å². The summed E-state index contributed by atoms with van der Waals surface area (Å²) < 4.78 is 6.60. The van der Waals surface area contributed by atoms with Gasteiger partial charge in [0.05, 0.1) is 11.3 Å². The lowest BCUT2D eigenvalue weighted by atomic mass is 10.2. The van der Waals surface area contributed by atoms with Crippen LogP contribution in [0.4, 0.5) is 5.82 Å². The maximum Gasteiger partial charge on any atom is 0.248 e. The maximum absolute atomic E-state index is 5.68. The van der Waals surface area contributed by atoms with E-state index in [9.17, 15) is 0 Å². The average Bonchev–Trinajstić information content (AvgIpc) is 2.96. The zero-order chi connectivity index (χ0) is 14.7. The summed E-state index contributed by atoms with van der Waals surface area (Å²) in [4.78, 5) is 5.04. The molecule has 3 rings (SSSR count). The molecule has 21 heavy (non-hydrogen) atoms. The Labute approximate surface area is 134 Å². The summed E-state index contributed by atoms with van der Waals surface area (Å²) in [5, 5.41) is 8.14. The summed E-state index contributed by atoms with van der Waals surface area (Å²) in [6, 6.07) is 11.4. The Morgan fingerprint density at radius 2 is 2.00 bits per heavy atom. The van der Waals surface area contributed by atoms with Crippen molar-refractivity contribution in [2.45, 2.75) is 10.6 Å². The normalized spacial score (nSPS) is 10.7. The molecule has 0 amide bonds. The number of benzene rings is 1. The van der Waals surface area contributed by atoms with E-state index in [2.05, 4.69) is 31.1 Å². The first-order chi connectivity index (χ1) is 10.2. The molecule has 0 spiro atoms. The highest BCUT2D eigenvalue weighted by atomic mass is 79.9. The summed E-state index contributed by atoms with van der Waals surface area (Å²) in [5.41, 5.74) is 6.43. The third-order valence-corrected chi connectivity index (χ3v) is 4.35. The Morgan fingerprint density at radius 3 is 2.76 bits per heavy atom. The molecule has 0 aliphatic carbocycles. The molecular weight excluding hydrogens is 352 g/mol. The Morgan fingerprint density at radius 1 is 1.14 bits per heavy atom. The number of nitrogen functional groups attached to an aromatic ring is 1. The van der Waals surface area contributed by atoms with Gasteiger partial charge in [0, 0.05) is 15.6 Å². The molecule has 0 radical (unpaired) electrons. The minimum Gasteiger partial charge on any atom is -0.420 e. The van der Waals surface area contributed by atoms with Gasteiger partial charge in [-0.2, -0.15) is 0 Å². The van der Waals surface area contributed by atoms with Gasteiger partial charge in [0.2, 0.25) is 11.8 Å². The molecule has 3 aromatic rings. The van der Waals surface area contributed by atoms with E-state index < -0.39 is 0 Å². The number of rotatable bonds is 4. The Hall–Kier alpha value is -1.86. The van der Waals surface area contributed by atoms with E-state index in [1.165, 1.54) is 0 Å². The lowest BCUT2D eigenvalue weighted by Crippen LogP contribution is -1.88. The molecule has 0 saturated heterocycles. The number of nitrogens with zero attached hydrogens (tertiary/aromatic N) is 3. The fourth-order valence-corrected chi connectivity index (χ4v) is 2.83. The van der Waals surface area contributed by atoms with Crippen molar-refractivity contribution in [1.29, 1.82) is 0 Å². The summed E-state index contributed by atoms with van der Waals surface area (Å²) in [5.74, 6) is 2.17. The molecule has 2 heterocycles. The monoisotopic (exact) mass is 362 g/mol. The molecule has 1 aromatic carbocycles. The highest BCUT2D eigenvalue weighted by Crippen LogP contribution is 2.28. The molecule has 2 N–H and O–H groups in total. The quantitative estimate of drug-likeness (QED) is 0.711. The smallest absolute Gasteiger partial charge is 0.248 e. The Bertz CT molecular complexity index is 745. The highest BCUT2D eigenvalue weighted by Gasteiger charge is 2.11. The summed E-state index contributed by atoms with van der Waals surface area (Å²) >= 11 is 5.04. The second-order valence-electron chi connectivity index (χ2n) is 4.19. The van der Waals surface area contributed by atoms with Crippen molar-refractivity contribution in [1.82, 2.24) is 15.2 Å². The second kappa shape index (κ2) is 6.28. The summed E-state index contributed by atoms with van der Waals surface area (Å²) in [7, 11) is 0. The zero-order valence-electron chi connectivity index (χ0n) is 10.9. The van der Waals surface area contributed by atoms with E-state index in [1.807, 2.05) is 30.3 Å². The Balaban J connectivity index is 1.71. The molecule has 5 nitrogen and oxygen atoms in total. The minimum absolute atomic E-state index is 0.508. The third kappa shape index (κ3) is 3.43. The van der Waals surface area contributed by atoms with Crippen molar-refractivity contribution in [2.24, 2.45) is 0 Å². The molecule has 7 heteroatoms. The largest absolute Gasteiger partial charge is 0.420 e. The van der Waals surface area contributed by atoms with Crippen LogP contribution in [0.3, 0.4) is 0 Å². The molecule has 0 aliphatic heterocycles. The first kappa shape index (κ1) is 14.1. The van der Waals surface area contributed by atoms with E-state index in [0.29, 0.717) is 23.4 Å². The molecular formula is C14H11BrN4OS. The maximum atomic E-state index is 5.68. The molecule has 106 valence electrons. The molecule has 0 atom stereocenters. The molecule has 0 saturated carbocycles. The van der Waals surface area contributed by atoms with Crippen LogP contribution in [-0.2, 0) is 5.75 Å². The van der Waals surface area contributed by atoms with E-state index in [-0.39, 0.29) is 0 Å². The SMILES string of the molecule is Nc1ccc(SCc2nnc(-c3ccccc3Br)o2)cn1. The number of hydrogen-bond donors (Lipinski definition) is 1. The highest BCUT2D eigenvalue weighted by molar-refractivity contribution is 9.10. The van der Waals surface area contributed by atoms with Crippen LogP contribution in [0, 0.1) is 0 Å². The van der Waals surface area contributed by atoms with Crippen molar-refractivity contribution >= 4 is 33.5 Å². The van der Waals surface area contributed by atoms with Crippen molar-refractivity contribution in [3.05, 3.63) is 53.0 Å². The molecule has 0 bridgehead atoms. The number of nitrogens with two attached hydrogens (primary N) is 1. The standard InChI is InChI=1S/C14H11BrN4OS/c15-11-4-2-1-3-10(11)14-19-18-13(20-14)8-21-9-5-6-12(16)17-7-9/h1-7H,8H2,(H2,16,17). The zero-order valence-corrected chi connectivity index (χ0v) is 13.3. The van der Waals surface area contributed by atoms with Crippen LogP contribution in [-0.4, -0.2) is 15.2 Å². The summed E-state index contributed by atoms with van der Waals surface area (Å²) in [6.45, 7) is 0. The lowest BCUT2D eigenvalue weighted by Gasteiger charge is -1.99. The van der Waals surface area contributed by atoms with Crippen molar-refractivity contribution < 1.29 is 4.42 Å². The second-order valence-corrected chi connectivity index (χ2v) is 6.09.